The molecule has 0 aliphatic carbocycles. The van der Waals surface area contributed by atoms with Crippen LogP contribution in [0.5, 0.6) is 0 Å². The number of carboxylic acids is 1. The Labute approximate surface area is 105 Å². The first kappa shape index (κ1) is 14.2. The van der Waals surface area contributed by atoms with E-state index in [-0.39, 0.29) is 12.1 Å². The summed E-state index contributed by atoms with van der Waals surface area (Å²) in [5, 5.41) is 11.2. The second kappa shape index (κ2) is 6.14. The molecule has 1 atom stereocenters. The molecular formula is C13H16FNO3. The number of aryl methyl sites for hydroxylation is 1. The van der Waals surface area contributed by atoms with Gasteiger partial charge < -0.3 is 10.4 Å². The molecule has 0 saturated heterocycles. The van der Waals surface area contributed by atoms with Gasteiger partial charge in [-0.15, -0.1) is 0 Å². The van der Waals surface area contributed by atoms with E-state index in [1.54, 1.807) is 19.9 Å². The summed E-state index contributed by atoms with van der Waals surface area (Å²) >= 11 is 0. The number of carboxylic acid groups (broad SMARTS) is 1. The summed E-state index contributed by atoms with van der Waals surface area (Å²) in [6.07, 6.45) is 0.343. The van der Waals surface area contributed by atoms with E-state index in [9.17, 15) is 14.0 Å². The van der Waals surface area contributed by atoms with Crippen LogP contribution in [0.3, 0.4) is 0 Å². The summed E-state index contributed by atoms with van der Waals surface area (Å²) in [5.74, 6) is -2.26. The molecule has 0 radical (unpaired) electrons. The van der Waals surface area contributed by atoms with Gasteiger partial charge in [0, 0.05) is 12.1 Å². The molecule has 0 aromatic heterocycles. The van der Waals surface area contributed by atoms with Gasteiger partial charge in [0.25, 0.3) is 5.91 Å². The summed E-state index contributed by atoms with van der Waals surface area (Å²) < 4.78 is 13.1. The molecule has 0 saturated carbocycles. The Bertz CT molecular complexity index is 439. The fraction of sp³-hybridized carbons (Fsp3) is 0.385. The maximum Gasteiger partial charge on any atom is 0.306 e. The van der Waals surface area contributed by atoms with Crippen molar-refractivity contribution in [2.24, 2.45) is 5.92 Å². The third-order valence-electron chi connectivity index (χ3n) is 2.59. The Morgan fingerprint density at radius 2 is 2.06 bits per heavy atom. The lowest BCUT2D eigenvalue weighted by molar-refractivity contribution is -0.141. The van der Waals surface area contributed by atoms with E-state index in [0.29, 0.717) is 12.0 Å². The molecule has 0 spiro atoms. The predicted molar refractivity (Wildman–Crippen MR) is 64.9 cm³/mol. The first-order chi connectivity index (χ1) is 8.40. The van der Waals surface area contributed by atoms with E-state index in [1.165, 1.54) is 6.07 Å². The number of hydrogen-bond acceptors (Lipinski definition) is 2. The minimum Gasteiger partial charge on any atom is -0.481 e. The molecule has 5 heteroatoms. The number of carbonyl (C=O) groups is 2. The number of rotatable bonds is 5. The summed E-state index contributed by atoms with van der Waals surface area (Å²) in [4.78, 5) is 22.2. The van der Waals surface area contributed by atoms with Crippen molar-refractivity contribution < 1.29 is 19.1 Å². The number of carbonyl (C=O) groups excluding carboxylic acids is 1. The lowest BCUT2D eigenvalue weighted by atomic mass is 10.1. The maximum atomic E-state index is 13.1. The lowest BCUT2D eigenvalue weighted by Crippen LogP contribution is -2.27. The molecule has 0 bridgehead atoms. The van der Waals surface area contributed by atoms with Gasteiger partial charge in [-0.3, -0.25) is 9.59 Å². The quantitative estimate of drug-likeness (QED) is 0.843. The normalized spacial score (nSPS) is 11.9. The standard InChI is InChI=1S/C13H16FNO3/c1-8-5-10(7-11(14)6-8)12(16)15-4-3-9(2)13(17)18/h5-7,9H,3-4H2,1-2H3,(H,15,16)(H,17,18). The van der Waals surface area contributed by atoms with Gasteiger partial charge in [-0.1, -0.05) is 6.92 Å². The van der Waals surface area contributed by atoms with Gasteiger partial charge in [0.05, 0.1) is 5.92 Å². The van der Waals surface area contributed by atoms with Gasteiger partial charge in [-0.25, -0.2) is 4.39 Å². The summed E-state index contributed by atoms with van der Waals surface area (Å²) in [6, 6.07) is 4.07. The van der Waals surface area contributed by atoms with Crippen LogP contribution in [-0.2, 0) is 4.79 Å². The Hall–Kier alpha value is -1.91. The molecule has 0 fully saturated rings. The highest BCUT2D eigenvalue weighted by atomic mass is 19.1. The molecule has 1 aromatic rings. The van der Waals surface area contributed by atoms with Crippen LogP contribution in [0.1, 0.15) is 29.3 Å². The fourth-order valence-electron chi connectivity index (χ4n) is 1.50. The van der Waals surface area contributed by atoms with E-state index in [0.717, 1.165) is 6.07 Å². The summed E-state index contributed by atoms with van der Waals surface area (Å²) in [6.45, 7) is 3.52. The zero-order valence-corrected chi connectivity index (χ0v) is 10.4. The zero-order chi connectivity index (χ0) is 13.7. The van der Waals surface area contributed by atoms with Crippen molar-refractivity contribution in [3.63, 3.8) is 0 Å². The van der Waals surface area contributed by atoms with Crippen LogP contribution in [-0.4, -0.2) is 23.5 Å². The van der Waals surface area contributed by atoms with Gasteiger partial charge in [0.2, 0.25) is 0 Å². The van der Waals surface area contributed by atoms with Crippen LogP contribution in [0.4, 0.5) is 4.39 Å². The molecule has 18 heavy (non-hydrogen) atoms. The van der Waals surface area contributed by atoms with E-state index >= 15 is 0 Å². The molecular weight excluding hydrogens is 237 g/mol. The van der Waals surface area contributed by atoms with Crippen LogP contribution in [0, 0.1) is 18.7 Å². The zero-order valence-electron chi connectivity index (χ0n) is 10.4. The first-order valence-corrected chi connectivity index (χ1v) is 5.68. The van der Waals surface area contributed by atoms with Crippen molar-refractivity contribution in [3.8, 4) is 0 Å². The molecule has 0 aliphatic rings. The second-order valence-corrected chi connectivity index (χ2v) is 4.30. The third kappa shape index (κ3) is 4.16. The molecule has 1 amide bonds. The molecule has 0 heterocycles. The number of nitrogens with one attached hydrogen (secondary N) is 1. The predicted octanol–water partition coefficient (Wildman–Crippen LogP) is 1.97. The lowest BCUT2D eigenvalue weighted by Gasteiger charge is -2.08. The minimum absolute atomic E-state index is 0.246. The van der Waals surface area contributed by atoms with Crippen LogP contribution < -0.4 is 5.32 Å². The first-order valence-electron chi connectivity index (χ1n) is 5.68. The number of halogens is 1. The Morgan fingerprint density at radius 3 is 2.61 bits per heavy atom. The van der Waals surface area contributed by atoms with Gasteiger partial charge in [0.15, 0.2) is 0 Å². The monoisotopic (exact) mass is 253 g/mol. The van der Waals surface area contributed by atoms with Crippen LogP contribution in [0.2, 0.25) is 0 Å². The Kier molecular flexibility index (Phi) is 4.83. The molecule has 1 rings (SSSR count). The largest absolute Gasteiger partial charge is 0.481 e. The number of hydrogen-bond donors (Lipinski definition) is 2. The molecule has 0 aliphatic heterocycles. The van der Waals surface area contributed by atoms with Crippen molar-refractivity contribution >= 4 is 11.9 Å². The Morgan fingerprint density at radius 1 is 1.39 bits per heavy atom. The SMILES string of the molecule is Cc1cc(F)cc(C(=O)NCCC(C)C(=O)O)c1. The maximum absolute atomic E-state index is 13.1. The van der Waals surface area contributed by atoms with Gasteiger partial charge in [-0.2, -0.15) is 0 Å². The van der Waals surface area contributed by atoms with Gasteiger partial charge in [-0.05, 0) is 37.1 Å². The van der Waals surface area contributed by atoms with E-state index in [1.807, 2.05) is 0 Å². The highest BCUT2D eigenvalue weighted by Gasteiger charge is 2.12. The van der Waals surface area contributed by atoms with E-state index in [2.05, 4.69) is 5.32 Å². The summed E-state index contributed by atoms with van der Waals surface area (Å²) in [7, 11) is 0. The van der Waals surface area contributed by atoms with Gasteiger partial charge >= 0.3 is 5.97 Å². The molecule has 1 unspecified atom stereocenters. The fourth-order valence-corrected chi connectivity index (χ4v) is 1.50. The molecule has 1 aromatic carbocycles. The number of aliphatic carboxylic acids is 1. The highest BCUT2D eigenvalue weighted by Crippen LogP contribution is 2.08. The van der Waals surface area contributed by atoms with Gasteiger partial charge in [0.1, 0.15) is 5.82 Å². The smallest absolute Gasteiger partial charge is 0.306 e. The number of amides is 1. The minimum atomic E-state index is -0.897. The van der Waals surface area contributed by atoms with Crippen molar-refractivity contribution in [2.75, 3.05) is 6.54 Å². The molecule has 4 nitrogen and oxygen atoms in total. The second-order valence-electron chi connectivity index (χ2n) is 4.30. The van der Waals surface area contributed by atoms with Crippen molar-refractivity contribution in [1.82, 2.24) is 5.32 Å². The molecule has 98 valence electrons. The molecule has 2 N–H and O–H groups in total. The summed E-state index contributed by atoms with van der Waals surface area (Å²) in [5.41, 5.74) is 0.912. The topological polar surface area (TPSA) is 66.4 Å². The average molecular weight is 253 g/mol. The highest BCUT2D eigenvalue weighted by molar-refractivity contribution is 5.94. The van der Waals surface area contributed by atoms with E-state index in [4.69, 9.17) is 5.11 Å². The van der Waals surface area contributed by atoms with E-state index < -0.39 is 23.6 Å². The van der Waals surface area contributed by atoms with Crippen LogP contribution in [0.25, 0.3) is 0 Å². The number of benzene rings is 1. The average Bonchev–Trinajstić information content (AvgIpc) is 2.27. The van der Waals surface area contributed by atoms with Crippen molar-refractivity contribution in [3.05, 3.63) is 35.1 Å². The Balaban J connectivity index is 2.53. The van der Waals surface area contributed by atoms with Crippen molar-refractivity contribution in [1.29, 1.82) is 0 Å². The van der Waals surface area contributed by atoms with Crippen LogP contribution in [0.15, 0.2) is 18.2 Å². The van der Waals surface area contributed by atoms with Crippen molar-refractivity contribution in [2.45, 2.75) is 20.3 Å². The third-order valence-corrected chi connectivity index (χ3v) is 2.59. The van der Waals surface area contributed by atoms with Crippen LogP contribution >= 0.6 is 0 Å².